The predicted octanol–water partition coefficient (Wildman–Crippen LogP) is -0.427. The topological polar surface area (TPSA) is 148 Å². The van der Waals surface area contributed by atoms with Crippen LogP contribution in [0.25, 0.3) is 0 Å². The number of hydrogen-bond acceptors (Lipinski definition) is 8. The maximum atomic E-state index is 11.9. The summed E-state index contributed by atoms with van der Waals surface area (Å²) in [7, 11) is 2.73. The van der Waals surface area contributed by atoms with E-state index in [1.807, 2.05) is 0 Å². The molecule has 0 fully saturated rings. The zero-order chi connectivity index (χ0) is 18.1. The fourth-order valence-electron chi connectivity index (χ4n) is 1.57. The molecule has 0 spiro atoms. The maximum Gasteiger partial charge on any atom is 0.406 e. The van der Waals surface area contributed by atoms with Crippen molar-refractivity contribution in [2.24, 2.45) is 5.92 Å². The van der Waals surface area contributed by atoms with E-state index in [1.165, 1.54) is 14.1 Å². The van der Waals surface area contributed by atoms with Crippen LogP contribution in [0.15, 0.2) is 12.1 Å². The van der Waals surface area contributed by atoms with Gasteiger partial charge in [0.15, 0.2) is 0 Å². The molecule has 0 saturated heterocycles. The molecule has 0 aliphatic rings. The summed E-state index contributed by atoms with van der Waals surface area (Å²) >= 11 is 0. The zero-order valence-corrected chi connectivity index (χ0v) is 13.1. The monoisotopic (exact) mass is 345 g/mol. The summed E-state index contributed by atoms with van der Waals surface area (Å²) in [5.74, 6) is -2.48. The van der Waals surface area contributed by atoms with Gasteiger partial charge in [0.2, 0.25) is 11.8 Å². The number of nitrogens with one attached hydrogen (secondary N) is 2. The highest BCUT2D eigenvalue weighted by atomic mass is 16.7. The largest absolute Gasteiger partial charge is 0.492 e. The lowest BCUT2D eigenvalue weighted by Gasteiger charge is -2.16. The van der Waals surface area contributed by atoms with Crippen molar-refractivity contribution in [2.75, 3.05) is 27.3 Å². The number of amides is 2. The van der Waals surface area contributed by atoms with E-state index < -0.39 is 35.8 Å². The first kappa shape index (κ1) is 18.9. The number of carbonyl (C=O) groups excluding carboxylic acids is 3. The molecule has 0 aliphatic heterocycles. The number of hydrogen-bond donors (Lipinski definition) is 4. The molecule has 1 aromatic heterocycles. The Morgan fingerprint density at radius 1 is 1.04 bits per heavy atom. The highest BCUT2D eigenvalue weighted by Gasteiger charge is 2.21. The fourth-order valence-corrected chi connectivity index (χ4v) is 1.57. The molecule has 0 unspecified atom stereocenters. The third-order valence-corrected chi connectivity index (χ3v) is 2.75. The summed E-state index contributed by atoms with van der Waals surface area (Å²) in [5.41, 5.74) is 0. The van der Waals surface area contributed by atoms with Crippen LogP contribution in [-0.4, -0.2) is 60.4 Å². The molecule has 0 radical (unpaired) electrons. The average Bonchev–Trinajstić information content (AvgIpc) is 2.88. The second kappa shape index (κ2) is 9.12. The van der Waals surface area contributed by atoms with Gasteiger partial charge < -0.3 is 35.2 Å². The van der Waals surface area contributed by atoms with E-state index in [0.29, 0.717) is 4.73 Å². The molecule has 134 valence electrons. The van der Waals surface area contributed by atoms with Crippen LogP contribution in [-0.2, 0) is 14.3 Å². The first-order valence-corrected chi connectivity index (χ1v) is 6.87. The predicted molar refractivity (Wildman–Crippen MR) is 78.3 cm³/mol. The van der Waals surface area contributed by atoms with Crippen LogP contribution >= 0.6 is 0 Å². The average molecular weight is 345 g/mol. The summed E-state index contributed by atoms with van der Waals surface area (Å²) in [5, 5.41) is 23.3. The first-order valence-electron chi connectivity index (χ1n) is 6.87. The van der Waals surface area contributed by atoms with Crippen molar-refractivity contribution in [3.63, 3.8) is 0 Å². The molecule has 4 N–H and O–H groups in total. The maximum absolute atomic E-state index is 11.9. The van der Waals surface area contributed by atoms with Gasteiger partial charge in [-0.15, -0.1) is 4.73 Å². The van der Waals surface area contributed by atoms with Gasteiger partial charge in [0.25, 0.3) is 0 Å². The molecular weight excluding hydrogens is 326 g/mol. The molecule has 0 bridgehead atoms. The molecule has 0 saturated carbocycles. The van der Waals surface area contributed by atoms with E-state index in [9.17, 15) is 24.6 Å². The van der Waals surface area contributed by atoms with Crippen molar-refractivity contribution >= 4 is 18.2 Å². The van der Waals surface area contributed by atoms with Crippen LogP contribution in [0.4, 0.5) is 9.59 Å². The molecule has 2 amide bonds. The van der Waals surface area contributed by atoms with Gasteiger partial charge in [-0.3, -0.25) is 0 Å². The van der Waals surface area contributed by atoms with Gasteiger partial charge in [0.05, 0.1) is 19.6 Å². The van der Waals surface area contributed by atoms with Crippen LogP contribution in [0.3, 0.4) is 0 Å². The minimum Gasteiger partial charge on any atom is -0.492 e. The lowest BCUT2D eigenvalue weighted by Crippen LogP contribution is -2.31. The lowest BCUT2D eigenvalue weighted by molar-refractivity contribution is -0.147. The van der Waals surface area contributed by atoms with Crippen molar-refractivity contribution in [3.8, 4) is 11.8 Å². The third kappa shape index (κ3) is 5.94. The Bertz CT molecular complexity index is 546. The second-order valence-electron chi connectivity index (χ2n) is 4.57. The fraction of sp³-hybridized carbons (Fsp3) is 0.462. The highest BCUT2D eigenvalue weighted by molar-refractivity contribution is 5.71. The second-order valence-corrected chi connectivity index (χ2v) is 4.57. The van der Waals surface area contributed by atoms with Gasteiger partial charge in [-0.25, -0.2) is 14.4 Å². The van der Waals surface area contributed by atoms with Gasteiger partial charge in [0, 0.05) is 32.1 Å². The van der Waals surface area contributed by atoms with Gasteiger partial charge in [-0.1, -0.05) is 0 Å². The van der Waals surface area contributed by atoms with Crippen molar-refractivity contribution in [2.45, 2.75) is 6.42 Å². The highest BCUT2D eigenvalue weighted by Crippen LogP contribution is 2.19. The minimum atomic E-state index is -0.845. The first-order chi connectivity index (χ1) is 11.4. The van der Waals surface area contributed by atoms with E-state index in [-0.39, 0.29) is 19.6 Å². The Labute approximate surface area is 137 Å². The minimum absolute atomic E-state index is 0.213. The molecule has 0 aromatic carbocycles. The molecule has 11 heteroatoms. The van der Waals surface area contributed by atoms with Crippen LogP contribution in [0.2, 0.25) is 0 Å². The Kier molecular flexibility index (Phi) is 7.20. The van der Waals surface area contributed by atoms with E-state index in [4.69, 9.17) is 14.3 Å². The normalized spacial score (nSPS) is 10.1. The number of nitrogens with zero attached hydrogens (tertiary/aromatic N) is 1. The Morgan fingerprint density at radius 3 is 1.92 bits per heavy atom. The van der Waals surface area contributed by atoms with Crippen molar-refractivity contribution in [1.29, 1.82) is 0 Å². The van der Waals surface area contributed by atoms with Crippen LogP contribution in [0.1, 0.15) is 6.42 Å². The van der Waals surface area contributed by atoms with Gasteiger partial charge in [0.1, 0.15) is 0 Å². The Morgan fingerprint density at radius 2 is 1.50 bits per heavy atom. The lowest BCUT2D eigenvalue weighted by atomic mass is 10.1. The summed E-state index contributed by atoms with van der Waals surface area (Å²) in [4.78, 5) is 38.9. The molecule has 0 aliphatic carbocycles. The van der Waals surface area contributed by atoms with E-state index in [2.05, 4.69) is 10.6 Å². The molecule has 11 nitrogen and oxygen atoms in total. The van der Waals surface area contributed by atoms with Gasteiger partial charge in [-0.2, -0.15) is 0 Å². The molecule has 24 heavy (non-hydrogen) atoms. The summed E-state index contributed by atoms with van der Waals surface area (Å²) in [6.45, 7) is -0.426. The molecule has 0 atom stereocenters. The summed E-state index contributed by atoms with van der Waals surface area (Å²) in [6, 6.07) is 2.26. The van der Waals surface area contributed by atoms with Gasteiger partial charge in [-0.05, 0) is 0 Å². The number of carbonyl (C=O) groups is 3. The number of ether oxygens (including phenoxy) is 2. The zero-order valence-electron chi connectivity index (χ0n) is 13.1. The van der Waals surface area contributed by atoms with Crippen LogP contribution < -0.4 is 15.5 Å². The number of alkyl carbamates (subject to hydrolysis) is 2. The number of aromatic nitrogens is 1. The smallest absolute Gasteiger partial charge is 0.406 e. The van der Waals surface area contributed by atoms with Gasteiger partial charge >= 0.3 is 18.2 Å². The van der Waals surface area contributed by atoms with E-state index in [0.717, 1.165) is 12.1 Å². The van der Waals surface area contributed by atoms with E-state index in [1.54, 1.807) is 0 Å². The van der Waals surface area contributed by atoms with Crippen LogP contribution in [0.5, 0.6) is 11.8 Å². The number of rotatable bonds is 7. The standard InChI is InChI=1S/C13H19N3O8/c1-14-12(20)22-6-8(7-23-13(21)15-2)5-11(19)24-16-9(17)3-4-10(16)18/h3-4,8,17-18H,5-7H2,1-2H3,(H,14,20)(H,15,21). The SMILES string of the molecule is CNC(=O)OCC(COC(=O)NC)CC(=O)On1c(O)ccc1O. The third-order valence-electron chi connectivity index (χ3n) is 2.75. The Hall–Kier alpha value is -3.11. The molecule has 1 heterocycles. The van der Waals surface area contributed by atoms with Crippen molar-refractivity contribution < 1.29 is 38.9 Å². The van der Waals surface area contributed by atoms with Crippen LogP contribution in [0, 0.1) is 5.92 Å². The number of aromatic hydroxyl groups is 2. The molecular formula is C13H19N3O8. The Balaban J connectivity index is 2.62. The van der Waals surface area contributed by atoms with E-state index >= 15 is 0 Å². The van der Waals surface area contributed by atoms with Crippen molar-refractivity contribution in [3.05, 3.63) is 12.1 Å². The molecule has 1 aromatic rings. The molecule has 1 rings (SSSR count). The summed E-state index contributed by atoms with van der Waals surface area (Å²) in [6.07, 6.45) is -1.73. The van der Waals surface area contributed by atoms with Crippen molar-refractivity contribution in [1.82, 2.24) is 15.4 Å². The summed E-state index contributed by atoms with van der Waals surface area (Å²) < 4.78 is 10.2. The quantitative estimate of drug-likeness (QED) is 0.520.